The van der Waals surface area contributed by atoms with Crippen molar-refractivity contribution in [2.24, 2.45) is 0 Å². The first-order chi connectivity index (χ1) is 6.90. The molecule has 1 heterocycles. The van der Waals surface area contributed by atoms with Crippen molar-refractivity contribution in [3.63, 3.8) is 0 Å². The largest absolute Gasteiger partial charge is 0.395 e. The smallest absolute Gasteiger partial charge is 0.140 e. The lowest BCUT2D eigenvalue weighted by molar-refractivity contribution is 0.0768. The zero-order chi connectivity index (χ0) is 11.5. The fourth-order valence-electron chi connectivity index (χ4n) is 1.00. The molecule has 0 saturated heterocycles. The number of anilines is 1. The fraction of sp³-hybridized carbons (Fsp3) is 0.667. The van der Waals surface area contributed by atoms with Crippen LogP contribution in [0.1, 0.15) is 0 Å². The first-order valence-electron chi connectivity index (χ1n) is 4.95. The lowest BCUT2D eigenvalue weighted by Gasteiger charge is -2.15. The van der Waals surface area contributed by atoms with E-state index in [1.807, 2.05) is 0 Å². The molecule has 1 aromatic heterocycles. The molecule has 86 valence electrons. The number of rotatable bonds is 5. The Bertz CT molecular complexity index is 322. The molecule has 0 amide bonds. The Hall–Kier alpha value is -0.0831. The van der Waals surface area contributed by atoms with Crippen molar-refractivity contribution in [3.8, 4) is 0 Å². The number of hydrogen-bond acceptors (Lipinski definition) is 3. The van der Waals surface area contributed by atoms with E-state index in [1.54, 1.807) is 10.9 Å². The van der Waals surface area contributed by atoms with E-state index in [0.717, 1.165) is 10.3 Å². The monoisotopic (exact) mass is 339 g/mol. The van der Waals surface area contributed by atoms with Gasteiger partial charge in [-0.25, -0.2) is 4.68 Å². The lowest BCUT2D eigenvalue weighted by atomic mass is 10.6. The summed E-state index contributed by atoms with van der Waals surface area (Å²) in [5.74, 6) is 0. The van der Waals surface area contributed by atoms with Crippen molar-refractivity contribution in [1.29, 1.82) is 0 Å². The van der Waals surface area contributed by atoms with Crippen LogP contribution in [0.3, 0.4) is 0 Å². The van der Waals surface area contributed by atoms with E-state index in [4.69, 9.17) is 10.5 Å². The van der Waals surface area contributed by atoms with Gasteiger partial charge >= 0.3 is 0 Å². The van der Waals surface area contributed by atoms with E-state index in [1.165, 1.54) is 6.04 Å². The highest BCUT2D eigenvalue weighted by Gasteiger charge is 2.12. The van der Waals surface area contributed by atoms with Gasteiger partial charge in [0, 0.05) is 14.7 Å². The maximum Gasteiger partial charge on any atom is 0.140 e. The van der Waals surface area contributed by atoms with Crippen molar-refractivity contribution in [1.82, 2.24) is 9.78 Å². The Kier molecular flexibility index (Phi) is 4.59. The predicted octanol–water partition coefficient (Wildman–Crippen LogP) is 2.38. The van der Waals surface area contributed by atoms with Gasteiger partial charge in [0.1, 0.15) is 10.4 Å². The molecule has 0 unspecified atom stereocenters. The highest BCUT2D eigenvalue weighted by molar-refractivity contribution is 14.1. The molecule has 0 fully saturated rings. The molecule has 0 aliphatic carbocycles. The predicted molar refractivity (Wildman–Crippen MR) is 73.5 cm³/mol. The van der Waals surface area contributed by atoms with Gasteiger partial charge in [0.05, 0.1) is 11.9 Å². The molecule has 15 heavy (non-hydrogen) atoms. The molecule has 0 bridgehead atoms. The molecule has 0 saturated carbocycles. The third-order valence-electron chi connectivity index (χ3n) is 2.01. The summed E-state index contributed by atoms with van der Waals surface area (Å²) in [6.07, 6.45) is 1.66. The Morgan fingerprint density at radius 2 is 2.20 bits per heavy atom. The molecular weight excluding hydrogens is 321 g/mol. The Morgan fingerprint density at radius 1 is 1.53 bits per heavy atom. The molecule has 1 rings (SSSR count). The van der Waals surface area contributed by atoms with Crippen LogP contribution in [0.4, 0.5) is 5.69 Å². The van der Waals surface area contributed by atoms with E-state index in [-0.39, 0.29) is 0 Å². The van der Waals surface area contributed by atoms with Crippen molar-refractivity contribution >= 4 is 36.4 Å². The number of halogens is 1. The summed E-state index contributed by atoms with van der Waals surface area (Å²) >= 11 is 2.17. The number of aromatic nitrogens is 2. The summed E-state index contributed by atoms with van der Waals surface area (Å²) in [5.41, 5.74) is 6.39. The number of hydrogen-bond donors (Lipinski definition) is 1. The third kappa shape index (κ3) is 4.52. The molecule has 0 atom stereocenters. The molecule has 1 aromatic rings. The number of ether oxygens (including phenoxy) is 1. The molecule has 0 spiro atoms. The van der Waals surface area contributed by atoms with E-state index < -0.39 is 8.07 Å². The minimum atomic E-state index is -0.985. The van der Waals surface area contributed by atoms with E-state index in [2.05, 4.69) is 47.3 Å². The first-order valence-corrected chi connectivity index (χ1v) is 9.73. The van der Waals surface area contributed by atoms with Gasteiger partial charge in [-0.1, -0.05) is 19.6 Å². The fourth-order valence-corrected chi connectivity index (χ4v) is 2.16. The van der Waals surface area contributed by atoms with Crippen LogP contribution in [-0.2, 0) is 11.5 Å². The summed E-state index contributed by atoms with van der Waals surface area (Å²) in [6, 6.07) is 1.18. The van der Waals surface area contributed by atoms with Crippen LogP contribution >= 0.6 is 22.6 Å². The summed E-state index contributed by atoms with van der Waals surface area (Å²) in [5, 5.41) is 4.12. The van der Waals surface area contributed by atoms with Crippen molar-refractivity contribution in [2.75, 3.05) is 12.3 Å². The van der Waals surface area contributed by atoms with Crippen LogP contribution in [0.25, 0.3) is 0 Å². The number of nitrogens with two attached hydrogens (primary N) is 1. The molecule has 0 aliphatic rings. The highest BCUT2D eigenvalue weighted by Crippen LogP contribution is 2.13. The van der Waals surface area contributed by atoms with Crippen molar-refractivity contribution in [2.45, 2.75) is 32.4 Å². The average Bonchev–Trinajstić information content (AvgIpc) is 2.42. The van der Waals surface area contributed by atoms with Crippen molar-refractivity contribution < 1.29 is 4.74 Å². The van der Waals surface area contributed by atoms with Crippen LogP contribution in [0.15, 0.2) is 6.20 Å². The molecule has 0 aromatic carbocycles. The van der Waals surface area contributed by atoms with Gasteiger partial charge in [-0.3, -0.25) is 0 Å². The summed E-state index contributed by atoms with van der Waals surface area (Å²) in [6.45, 7) is 8.33. The zero-order valence-corrected chi connectivity index (χ0v) is 12.6. The number of nitrogens with zero attached hydrogens (tertiary/aromatic N) is 2. The minimum Gasteiger partial charge on any atom is -0.395 e. The van der Waals surface area contributed by atoms with Crippen LogP contribution in [-0.4, -0.2) is 24.5 Å². The SMILES string of the molecule is C[Si](C)(C)CCOCn1ncc(N)c1I. The van der Waals surface area contributed by atoms with E-state index in [9.17, 15) is 0 Å². The molecule has 4 nitrogen and oxygen atoms in total. The molecule has 2 N–H and O–H groups in total. The molecule has 0 aliphatic heterocycles. The second-order valence-corrected chi connectivity index (χ2v) is 11.4. The summed E-state index contributed by atoms with van der Waals surface area (Å²) < 4.78 is 8.29. The minimum absolute atomic E-state index is 0.500. The summed E-state index contributed by atoms with van der Waals surface area (Å²) in [4.78, 5) is 0. The average molecular weight is 339 g/mol. The van der Waals surface area contributed by atoms with Crippen LogP contribution in [0.2, 0.25) is 25.7 Å². The Labute approximate surface area is 105 Å². The second kappa shape index (κ2) is 5.31. The van der Waals surface area contributed by atoms with Gasteiger partial charge in [0.2, 0.25) is 0 Å². The van der Waals surface area contributed by atoms with E-state index >= 15 is 0 Å². The third-order valence-corrected chi connectivity index (χ3v) is 4.89. The van der Waals surface area contributed by atoms with Gasteiger partial charge < -0.3 is 10.5 Å². The summed E-state index contributed by atoms with van der Waals surface area (Å²) in [7, 11) is -0.985. The Morgan fingerprint density at radius 3 is 2.67 bits per heavy atom. The van der Waals surface area contributed by atoms with Crippen molar-refractivity contribution in [3.05, 3.63) is 9.90 Å². The topological polar surface area (TPSA) is 53.1 Å². The normalized spacial score (nSPS) is 12.0. The van der Waals surface area contributed by atoms with Gasteiger partial charge in [-0.15, -0.1) is 0 Å². The maximum atomic E-state index is 5.67. The lowest BCUT2D eigenvalue weighted by Crippen LogP contribution is -2.22. The zero-order valence-electron chi connectivity index (χ0n) is 9.46. The number of nitrogen functional groups attached to an aromatic ring is 1. The standard InChI is InChI=1S/C9H18IN3OSi/c1-15(2,3)5-4-14-7-13-9(10)8(11)6-12-13/h6H,4-5,7,11H2,1-3H3. The molecule has 0 radical (unpaired) electrons. The van der Waals surface area contributed by atoms with Crippen LogP contribution in [0, 0.1) is 3.70 Å². The quantitative estimate of drug-likeness (QED) is 0.509. The van der Waals surface area contributed by atoms with Gasteiger partial charge in [-0.2, -0.15) is 5.10 Å². The second-order valence-electron chi connectivity index (χ2n) is 4.74. The highest BCUT2D eigenvalue weighted by atomic mass is 127. The maximum absolute atomic E-state index is 5.67. The van der Waals surface area contributed by atoms with Gasteiger partial charge in [-0.05, 0) is 28.6 Å². The first kappa shape index (κ1) is 13.0. The molecular formula is C9H18IN3OSi. The van der Waals surface area contributed by atoms with E-state index in [0.29, 0.717) is 12.4 Å². The van der Waals surface area contributed by atoms with Crippen LogP contribution < -0.4 is 5.73 Å². The Balaban J connectivity index is 2.30. The molecule has 6 heteroatoms. The van der Waals surface area contributed by atoms with Crippen LogP contribution in [0.5, 0.6) is 0 Å². The van der Waals surface area contributed by atoms with Gasteiger partial charge in [0.15, 0.2) is 0 Å². The van der Waals surface area contributed by atoms with Gasteiger partial charge in [0.25, 0.3) is 0 Å².